The minimum absolute atomic E-state index is 0.0721. The van der Waals surface area contributed by atoms with Crippen LogP contribution >= 0.6 is 22.6 Å². The number of anilines is 1. The maximum Gasteiger partial charge on any atom is 0.266 e. The Labute approximate surface area is 178 Å². The summed E-state index contributed by atoms with van der Waals surface area (Å²) >= 11 is 2.32. The Morgan fingerprint density at radius 1 is 1.11 bits per heavy atom. The zero-order valence-corrected chi connectivity index (χ0v) is 18.1. The van der Waals surface area contributed by atoms with Gasteiger partial charge in [-0.15, -0.1) is 0 Å². The summed E-state index contributed by atoms with van der Waals surface area (Å²) < 4.78 is 3.35. The van der Waals surface area contributed by atoms with E-state index in [9.17, 15) is 10.1 Å². The van der Waals surface area contributed by atoms with E-state index in [1.165, 1.54) is 9.13 Å². The van der Waals surface area contributed by atoms with Crippen LogP contribution in [0.1, 0.15) is 22.5 Å². The number of carbonyl (C=O) groups excluding carboxylic acids is 1. The number of halogens is 1. The Hall–Kier alpha value is -2.85. The average Bonchev–Trinajstić information content (AvgIpc) is 2.96. The van der Waals surface area contributed by atoms with Crippen LogP contribution in [0.5, 0.6) is 0 Å². The molecule has 1 heterocycles. The Kier molecular flexibility index (Phi) is 6.00. The number of benzene rings is 2. The molecule has 1 N–H and O–H groups in total. The number of aryl methyl sites for hydroxylation is 2. The lowest BCUT2D eigenvalue weighted by atomic mass is 10.1. The number of nitriles is 1. The van der Waals surface area contributed by atoms with Crippen LogP contribution in [-0.4, -0.2) is 10.5 Å². The molecule has 1 aromatic heterocycles. The van der Waals surface area contributed by atoms with Crippen LogP contribution < -0.4 is 5.32 Å². The monoisotopic (exact) mass is 481 g/mol. The molecule has 0 atom stereocenters. The lowest BCUT2D eigenvalue weighted by Crippen LogP contribution is -2.13. The van der Waals surface area contributed by atoms with E-state index in [0.29, 0.717) is 5.69 Å². The fraction of sp³-hybridized carbons (Fsp3) is 0.130. The second-order valence-electron chi connectivity index (χ2n) is 6.59. The normalized spacial score (nSPS) is 11.2. The second kappa shape index (κ2) is 8.44. The van der Waals surface area contributed by atoms with Gasteiger partial charge < -0.3 is 9.88 Å². The van der Waals surface area contributed by atoms with Crippen molar-refractivity contribution in [2.45, 2.75) is 20.8 Å². The predicted molar refractivity (Wildman–Crippen MR) is 121 cm³/mol. The van der Waals surface area contributed by atoms with E-state index < -0.39 is 5.91 Å². The molecule has 0 radical (unpaired) electrons. The second-order valence-corrected chi connectivity index (χ2v) is 7.75. The highest BCUT2D eigenvalue weighted by atomic mass is 127. The van der Waals surface area contributed by atoms with Gasteiger partial charge in [0, 0.05) is 26.3 Å². The molecule has 0 unspecified atom stereocenters. The number of nitrogens with one attached hydrogen (secondary N) is 1. The number of nitrogens with zero attached hydrogens (tertiary/aromatic N) is 2. The number of rotatable bonds is 4. The number of aromatic nitrogens is 1. The summed E-state index contributed by atoms with van der Waals surface area (Å²) in [6.45, 7) is 6.10. The van der Waals surface area contributed by atoms with Crippen LogP contribution in [-0.2, 0) is 4.79 Å². The molecule has 3 aromatic rings. The van der Waals surface area contributed by atoms with Crippen molar-refractivity contribution >= 4 is 40.3 Å². The molecule has 2 aromatic carbocycles. The van der Waals surface area contributed by atoms with Crippen LogP contribution in [0.25, 0.3) is 11.8 Å². The summed E-state index contributed by atoms with van der Waals surface area (Å²) in [6, 6.07) is 19.5. The van der Waals surface area contributed by atoms with E-state index in [2.05, 4.69) is 57.6 Å². The number of carbonyl (C=O) groups is 1. The molecule has 0 bridgehead atoms. The van der Waals surface area contributed by atoms with Crippen molar-refractivity contribution in [3.63, 3.8) is 0 Å². The topological polar surface area (TPSA) is 57.8 Å². The third kappa shape index (κ3) is 4.18. The Morgan fingerprint density at radius 3 is 2.46 bits per heavy atom. The van der Waals surface area contributed by atoms with Crippen molar-refractivity contribution in [1.82, 2.24) is 4.57 Å². The maximum atomic E-state index is 12.5. The highest BCUT2D eigenvalue weighted by molar-refractivity contribution is 14.1. The molecule has 28 heavy (non-hydrogen) atoms. The molecule has 0 aliphatic heterocycles. The summed E-state index contributed by atoms with van der Waals surface area (Å²) in [5, 5.41) is 12.3. The quantitative estimate of drug-likeness (QED) is 0.302. The molecular weight excluding hydrogens is 461 g/mol. The first-order valence-electron chi connectivity index (χ1n) is 8.84. The van der Waals surface area contributed by atoms with Crippen molar-refractivity contribution < 1.29 is 4.79 Å². The van der Waals surface area contributed by atoms with Gasteiger partial charge in [-0.25, -0.2) is 0 Å². The Morgan fingerprint density at radius 2 is 1.82 bits per heavy atom. The fourth-order valence-corrected chi connectivity index (χ4v) is 3.46. The smallest absolute Gasteiger partial charge is 0.266 e. The van der Waals surface area contributed by atoms with Crippen molar-refractivity contribution in [3.8, 4) is 11.8 Å². The van der Waals surface area contributed by atoms with Crippen LogP contribution in [0.15, 0.2) is 60.2 Å². The third-order valence-electron chi connectivity index (χ3n) is 4.57. The summed E-state index contributed by atoms with van der Waals surface area (Å²) in [5.41, 5.74) is 5.90. The van der Waals surface area contributed by atoms with Crippen molar-refractivity contribution in [2.75, 3.05) is 5.32 Å². The van der Waals surface area contributed by atoms with Gasteiger partial charge in [0.15, 0.2) is 0 Å². The van der Waals surface area contributed by atoms with Gasteiger partial charge in [-0.05, 0) is 97.0 Å². The average molecular weight is 481 g/mol. The zero-order valence-electron chi connectivity index (χ0n) is 16.0. The zero-order chi connectivity index (χ0) is 20.3. The van der Waals surface area contributed by atoms with Crippen LogP contribution in [0, 0.1) is 35.7 Å². The number of para-hydroxylation sites is 1. The van der Waals surface area contributed by atoms with Crippen molar-refractivity contribution in [1.29, 1.82) is 5.26 Å². The number of amides is 1. The highest BCUT2D eigenvalue weighted by Crippen LogP contribution is 2.25. The Balaban J connectivity index is 1.96. The summed E-state index contributed by atoms with van der Waals surface area (Å²) in [5.74, 6) is -0.413. The van der Waals surface area contributed by atoms with Gasteiger partial charge in [-0.3, -0.25) is 4.79 Å². The van der Waals surface area contributed by atoms with Gasteiger partial charge >= 0.3 is 0 Å². The Bertz CT molecular complexity index is 1100. The largest absolute Gasteiger partial charge is 0.321 e. The minimum Gasteiger partial charge on any atom is -0.321 e. The minimum atomic E-state index is -0.413. The van der Waals surface area contributed by atoms with Gasteiger partial charge in [-0.2, -0.15) is 5.26 Å². The van der Waals surface area contributed by atoms with Gasteiger partial charge in [-0.1, -0.05) is 18.2 Å². The van der Waals surface area contributed by atoms with Gasteiger partial charge in [0.2, 0.25) is 0 Å². The van der Waals surface area contributed by atoms with Crippen LogP contribution in [0.3, 0.4) is 0 Å². The van der Waals surface area contributed by atoms with E-state index >= 15 is 0 Å². The van der Waals surface area contributed by atoms with E-state index in [1.54, 1.807) is 18.2 Å². The summed E-state index contributed by atoms with van der Waals surface area (Å²) in [6.07, 6.45) is 1.65. The van der Waals surface area contributed by atoms with Gasteiger partial charge in [0.05, 0.1) is 0 Å². The SMILES string of the molecule is Cc1cc(-n2c(C)cc(/C=C(\C#N)C(=O)Nc3ccccc3)c2C)ccc1I. The number of hydrogen-bond acceptors (Lipinski definition) is 2. The molecule has 3 rings (SSSR count). The molecular formula is C23H20IN3O. The van der Waals surface area contributed by atoms with E-state index in [1.807, 2.05) is 44.2 Å². The van der Waals surface area contributed by atoms with Crippen molar-refractivity contribution in [2.24, 2.45) is 0 Å². The summed E-state index contributed by atoms with van der Waals surface area (Å²) in [4.78, 5) is 12.5. The van der Waals surface area contributed by atoms with Crippen LogP contribution in [0.4, 0.5) is 5.69 Å². The molecule has 1 amide bonds. The van der Waals surface area contributed by atoms with E-state index in [0.717, 1.165) is 22.6 Å². The van der Waals surface area contributed by atoms with Crippen LogP contribution in [0.2, 0.25) is 0 Å². The fourth-order valence-electron chi connectivity index (χ4n) is 3.12. The molecule has 5 heteroatoms. The lowest BCUT2D eigenvalue weighted by molar-refractivity contribution is -0.112. The van der Waals surface area contributed by atoms with E-state index in [-0.39, 0.29) is 5.57 Å². The first-order chi connectivity index (χ1) is 13.4. The molecule has 0 aliphatic carbocycles. The molecule has 0 aliphatic rings. The van der Waals surface area contributed by atoms with E-state index in [4.69, 9.17) is 0 Å². The summed E-state index contributed by atoms with van der Waals surface area (Å²) in [7, 11) is 0. The predicted octanol–water partition coefficient (Wildman–Crippen LogP) is 5.55. The molecule has 0 saturated heterocycles. The molecule has 0 fully saturated rings. The maximum absolute atomic E-state index is 12.5. The molecule has 0 saturated carbocycles. The van der Waals surface area contributed by atoms with Gasteiger partial charge in [0.25, 0.3) is 5.91 Å². The standard InChI is InChI=1S/C23H20IN3O/c1-15-11-21(9-10-22(15)24)27-16(2)12-18(17(27)3)13-19(14-25)23(28)26-20-7-5-4-6-8-20/h4-13H,1-3H3,(H,26,28)/b19-13+. The lowest BCUT2D eigenvalue weighted by Gasteiger charge is -2.11. The molecule has 4 nitrogen and oxygen atoms in total. The molecule has 140 valence electrons. The number of hydrogen-bond donors (Lipinski definition) is 1. The van der Waals surface area contributed by atoms with Crippen molar-refractivity contribution in [3.05, 3.63) is 86.3 Å². The van der Waals surface area contributed by atoms with Gasteiger partial charge in [0.1, 0.15) is 11.6 Å². The third-order valence-corrected chi connectivity index (χ3v) is 5.78. The highest BCUT2D eigenvalue weighted by Gasteiger charge is 2.14. The molecule has 0 spiro atoms. The first kappa shape index (κ1) is 19.9. The first-order valence-corrected chi connectivity index (χ1v) is 9.92.